The Hall–Kier alpha value is -1.22. The molecule has 0 fully saturated rings. The zero-order chi connectivity index (χ0) is 9.84. The number of carbonyl (C=O) groups is 1. The molecule has 0 saturated carbocycles. The number of benzene rings is 1. The Labute approximate surface area is 81.9 Å². The summed E-state index contributed by atoms with van der Waals surface area (Å²) in [7, 11) is 0. The summed E-state index contributed by atoms with van der Waals surface area (Å²) in [4.78, 5) is 11.3. The number of amides is 1. The van der Waals surface area contributed by atoms with Crippen molar-refractivity contribution in [3.05, 3.63) is 28.8 Å². The second-order valence-electron chi connectivity index (χ2n) is 2.60. The Morgan fingerprint density at radius 2 is 2.31 bits per heavy atom. The van der Waals surface area contributed by atoms with E-state index in [1.807, 2.05) is 6.92 Å². The normalized spacial score (nSPS) is 9.69. The number of hydrogen-bond donors (Lipinski definition) is 2. The molecule has 3 nitrogen and oxygen atoms in total. The first kappa shape index (κ1) is 9.86. The molecule has 0 atom stereocenters. The van der Waals surface area contributed by atoms with Gasteiger partial charge >= 0.3 is 0 Å². The summed E-state index contributed by atoms with van der Waals surface area (Å²) in [5, 5.41) is 3.04. The van der Waals surface area contributed by atoms with Crippen LogP contribution in [0, 0.1) is 0 Å². The third kappa shape index (κ3) is 2.36. The molecule has 70 valence electrons. The van der Waals surface area contributed by atoms with Gasteiger partial charge in [0.25, 0.3) is 5.91 Å². The molecule has 0 bridgehead atoms. The highest BCUT2D eigenvalue weighted by Gasteiger charge is 2.08. The fourth-order valence-corrected chi connectivity index (χ4v) is 1.25. The van der Waals surface area contributed by atoms with Crippen molar-refractivity contribution >= 4 is 23.2 Å². The number of hydrogen-bond acceptors (Lipinski definition) is 2. The number of carbonyl (C=O) groups excluding carboxylic acids is 1. The molecule has 0 saturated heterocycles. The number of halogens is 1. The molecule has 1 amide bonds. The molecule has 0 spiro atoms. The van der Waals surface area contributed by atoms with Crippen molar-refractivity contribution in [2.45, 2.75) is 6.92 Å². The van der Waals surface area contributed by atoms with Crippen LogP contribution in [0.2, 0.25) is 5.02 Å². The van der Waals surface area contributed by atoms with Gasteiger partial charge in [-0.2, -0.15) is 0 Å². The van der Waals surface area contributed by atoms with E-state index in [0.717, 1.165) is 0 Å². The molecule has 0 heterocycles. The average Bonchev–Trinajstić information content (AvgIpc) is 2.04. The van der Waals surface area contributed by atoms with Gasteiger partial charge in [-0.1, -0.05) is 11.6 Å². The van der Waals surface area contributed by atoms with Crippen LogP contribution in [-0.2, 0) is 0 Å². The van der Waals surface area contributed by atoms with Crippen LogP contribution in [0.1, 0.15) is 17.3 Å². The molecule has 0 radical (unpaired) electrons. The third-order valence-electron chi connectivity index (χ3n) is 1.58. The van der Waals surface area contributed by atoms with E-state index in [-0.39, 0.29) is 5.91 Å². The molecule has 0 unspecified atom stereocenters. The molecule has 13 heavy (non-hydrogen) atoms. The number of anilines is 1. The highest BCUT2D eigenvalue weighted by molar-refractivity contribution is 6.34. The van der Waals surface area contributed by atoms with Crippen molar-refractivity contribution in [3.63, 3.8) is 0 Å². The maximum atomic E-state index is 11.3. The monoisotopic (exact) mass is 198 g/mol. The molecule has 1 rings (SSSR count). The highest BCUT2D eigenvalue weighted by atomic mass is 35.5. The van der Waals surface area contributed by atoms with E-state index < -0.39 is 0 Å². The first-order chi connectivity index (χ1) is 6.15. The number of rotatable bonds is 2. The second-order valence-corrected chi connectivity index (χ2v) is 3.01. The summed E-state index contributed by atoms with van der Waals surface area (Å²) >= 11 is 5.82. The van der Waals surface area contributed by atoms with Crippen molar-refractivity contribution in [3.8, 4) is 0 Å². The van der Waals surface area contributed by atoms with Gasteiger partial charge in [-0.3, -0.25) is 4.79 Å². The summed E-state index contributed by atoms with van der Waals surface area (Å²) < 4.78 is 0. The van der Waals surface area contributed by atoms with E-state index in [2.05, 4.69) is 5.32 Å². The van der Waals surface area contributed by atoms with Crippen LogP contribution >= 0.6 is 11.6 Å². The van der Waals surface area contributed by atoms with E-state index in [9.17, 15) is 4.79 Å². The fourth-order valence-electron chi connectivity index (χ4n) is 0.971. The van der Waals surface area contributed by atoms with Crippen molar-refractivity contribution in [2.24, 2.45) is 0 Å². The molecule has 0 aliphatic heterocycles. The van der Waals surface area contributed by atoms with Gasteiger partial charge < -0.3 is 11.1 Å². The Balaban J connectivity index is 2.95. The summed E-state index contributed by atoms with van der Waals surface area (Å²) in [6.45, 7) is 2.43. The SMILES string of the molecule is CCNC(=O)c1ccc(N)cc1Cl. The van der Waals surface area contributed by atoms with Crippen LogP contribution in [-0.4, -0.2) is 12.5 Å². The molecule has 0 aromatic heterocycles. The third-order valence-corrected chi connectivity index (χ3v) is 1.89. The topological polar surface area (TPSA) is 55.1 Å². The maximum Gasteiger partial charge on any atom is 0.252 e. The first-order valence-corrected chi connectivity index (χ1v) is 4.36. The number of nitrogen functional groups attached to an aromatic ring is 1. The molecular formula is C9H11ClN2O. The van der Waals surface area contributed by atoms with E-state index >= 15 is 0 Å². The van der Waals surface area contributed by atoms with Crippen LogP contribution in [0.25, 0.3) is 0 Å². The molecular weight excluding hydrogens is 188 g/mol. The van der Waals surface area contributed by atoms with Crippen LogP contribution in [0.15, 0.2) is 18.2 Å². The quantitative estimate of drug-likeness (QED) is 0.711. The molecule has 1 aromatic carbocycles. The minimum Gasteiger partial charge on any atom is -0.399 e. The van der Waals surface area contributed by atoms with Gasteiger partial charge in [-0.05, 0) is 25.1 Å². The Kier molecular flexibility index (Phi) is 3.14. The van der Waals surface area contributed by atoms with E-state index in [4.69, 9.17) is 17.3 Å². The van der Waals surface area contributed by atoms with Crippen molar-refractivity contribution in [1.29, 1.82) is 0 Å². The van der Waals surface area contributed by atoms with Gasteiger partial charge in [-0.25, -0.2) is 0 Å². The van der Waals surface area contributed by atoms with Gasteiger partial charge in [0, 0.05) is 12.2 Å². The second kappa shape index (κ2) is 4.14. The highest BCUT2D eigenvalue weighted by Crippen LogP contribution is 2.18. The number of nitrogens with one attached hydrogen (secondary N) is 1. The lowest BCUT2D eigenvalue weighted by Gasteiger charge is -2.04. The molecule has 4 heteroatoms. The Morgan fingerprint density at radius 3 is 2.85 bits per heavy atom. The maximum absolute atomic E-state index is 11.3. The summed E-state index contributed by atoms with van der Waals surface area (Å²) in [6, 6.07) is 4.82. The fraction of sp³-hybridized carbons (Fsp3) is 0.222. The van der Waals surface area contributed by atoms with Crippen molar-refractivity contribution in [2.75, 3.05) is 12.3 Å². The van der Waals surface area contributed by atoms with Gasteiger partial charge in [0.1, 0.15) is 0 Å². The van der Waals surface area contributed by atoms with Crippen LogP contribution in [0.3, 0.4) is 0 Å². The van der Waals surface area contributed by atoms with Crippen LogP contribution < -0.4 is 11.1 Å². The Morgan fingerprint density at radius 1 is 1.62 bits per heavy atom. The van der Waals surface area contributed by atoms with Crippen molar-refractivity contribution < 1.29 is 4.79 Å². The minimum atomic E-state index is -0.174. The lowest BCUT2D eigenvalue weighted by Crippen LogP contribution is -2.22. The molecule has 0 aliphatic carbocycles. The lowest BCUT2D eigenvalue weighted by molar-refractivity contribution is 0.0956. The summed E-state index contributed by atoms with van der Waals surface area (Å²) in [5.74, 6) is -0.174. The first-order valence-electron chi connectivity index (χ1n) is 3.98. The van der Waals surface area contributed by atoms with Crippen LogP contribution in [0.5, 0.6) is 0 Å². The van der Waals surface area contributed by atoms with Crippen molar-refractivity contribution in [1.82, 2.24) is 5.32 Å². The molecule has 3 N–H and O–H groups in total. The largest absolute Gasteiger partial charge is 0.399 e. The van der Waals surface area contributed by atoms with Gasteiger partial charge in [0.05, 0.1) is 10.6 Å². The predicted octanol–water partition coefficient (Wildman–Crippen LogP) is 1.67. The zero-order valence-electron chi connectivity index (χ0n) is 7.30. The predicted molar refractivity (Wildman–Crippen MR) is 53.9 cm³/mol. The average molecular weight is 199 g/mol. The minimum absolute atomic E-state index is 0.174. The Bertz CT molecular complexity index is 325. The van der Waals surface area contributed by atoms with E-state index in [1.165, 1.54) is 0 Å². The van der Waals surface area contributed by atoms with Gasteiger partial charge in [0.2, 0.25) is 0 Å². The zero-order valence-corrected chi connectivity index (χ0v) is 8.06. The molecule has 0 aliphatic rings. The molecule has 1 aromatic rings. The van der Waals surface area contributed by atoms with Gasteiger partial charge in [-0.15, -0.1) is 0 Å². The lowest BCUT2D eigenvalue weighted by atomic mass is 10.2. The smallest absolute Gasteiger partial charge is 0.252 e. The van der Waals surface area contributed by atoms with E-state index in [0.29, 0.717) is 22.8 Å². The standard InChI is InChI=1S/C9H11ClN2O/c1-2-12-9(13)7-4-3-6(11)5-8(7)10/h3-5H,2,11H2,1H3,(H,12,13). The summed E-state index contributed by atoms with van der Waals surface area (Å²) in [6.07, 6.45) is 0. The van der Waals surface area contributed by atoms with E-state index in [1.54, 1.807) is 18.2 Å². The van der Waals surface area contributed by atoms with Crippen LogP contribution in [0.4, 0.5) is 5.69 Å². The summed E-state index contributed by atoms with van der Waals surface area (Å²) in [5.41, 5.74) is 6.50. The van der Waals surface area contributed by atoms with Gasteiger partial charge in [0.15, 0.2) is 0 Å². The number of nitrogens with two attached hydrogens (primary N) is 1.